The number of alkyl carbamates (subject to hydrolysis) is 1. The largest absolute Gasteiger partial charge is 0.444 e. The Balaban J connectivity index is 2.54. The summed E-state index contributed by atoms with van der Waals surface area (Å²) in [5.41, 5.74) is -1.28. The van der Waals surface area contributed by atoms with Crippen LogP contribution in [0.4, 0.5) is 4.79 Å². The van der Waals surface area contributed by atoms with E-state index in [0.29, 0.717) is 19.3 Å². The number of rotatable bonds is 2. The molecule has 5 heteroatoms. The van der Waals surface area contributed by atoms with Crippen LogP contribution in [0.2, 0.25) is 0 Å². The highest BCUT2D eigenvalue weighted by atomic mass is 16.6. The van der Waals surface area contributed by atoms with Crippen molar-refractivity contribution in [1.29, 1.82) is 0 Å². The lowest BCUT2D eigenvalue weighted by Gasteiger charge is -2.29. The first kappa shape index (κ1) is 13.3. The van der Waals surface area contributed by atoms with Gasteiger partial charge in [0.1, 0.15) is 5.60 Å². The molecule has 0 spiro atoms. The normalized spacial score (nSPS) is 30.2. The van der Waals surface area contributed by atoms with E-state index >= 15 is 0 Å². The average Bonchev–Trinajstić information content (AvgIpc) is 2.44. The maximum Gasteiger partial charge on any atom is 0.408 e. The number of amides is 1. The highest BCUT2D eigenvalue weighted by Gasteiger charge is 2.40. The molecule has 5 nitrogen and oxygen atoms in total. The molecule has 1 fully saturated rings. The van der Waals surface area contributed by atoms with E-state index in [0.717, 1.165) is 0 Å². The molecule has 0 aliphatic heterocycles. The second kappa shape index (κ2) is 4.59. The van der Waals surface area contributed by atoms with Crippen molar-refractivity contribution >= 4 is 6.09 Å². The van der Waals surface area contributed by atoms with Crippen LogP contribution >= 0.6 is 0 Å². The van der Waals surface area contributed by atoms with Crippen LogP contribution < -0.4 is 5.32 Å². The van der Waals surface area contributed by atoms with Gasteiger partial charge in [0.15, 0.2) is 0 Å². The van der Waals surface area contributed by atoms with Gasteiger partial charge in [-0.2, -0.15) is 0 Å². The first-order chi connectivity index (χ1) is 7.26. The fourth-order valence-electron chi connectivity index (χ4n) is 1.91. The molecule has 1 rings (SSSR count). The molecule has 0 aromatic rings. The van der Waals surface area contributed by atoms with Gasteiger partial charge >= 0.3 is 6.09 Å². The summed E-state index contributed by atoms with van der Waals surface area (Å²) < 4.78 is 5.12. The van der Waals surface area contributed by atoms with E-state index in [1.165, 1.54) is 0 Å². The summed E-state index contributed by atoms with van der Waals surface area (Å²) in [5.74, 6) is 0. The molecule has 0 bridgehead atoms. The van der Waals surface area contributed by atoms with Gasteiger partial charge < -0.3 is 20.3 Å². The minimum atomic E-state index is -0.720. The topological polar surface area (TPSA) is 78.8 Å². The minimum absolute atomic E-state index is 0.177. The maximum absolute atomic E-state index is 11.6. The van der Waals surface area contributed by atoms with Gasteiger partial charge in [-0.25, -0.2) is 4.79 Å². The van der Waals surface area contributed by atoms with Gasteiger partial charge in [0.05, 0.1) is 18.2 Å². The van der Waals surface area contributed by atoms with Crippen molar-refractivity contribution in [3.8, 4) is 0 Å². The van der Waals surface area contributed by atoms with Crippen LogP contribution in [0.5, 0.6) is 0 Å². The van der Waals surface area contributed by atoms with Crippen LogP contribution in [0.1, 0.15) is 40.0 Å². The minimum Gasteiger partial charge on any atom is -0.444 e. The van der Waals surface area contributed by atoms with Crippen molar-refractivity contribution in [2.75, 3.05) is 6.61 Å². The van der Waals surface area contributed by atoms with Gasteiger partial charge in [-0.05, 0) is 40.0 Å². The third kappa shape index (κ3) is 3.64. The zero-order valence-electron chi connectivity index (χ0n) is 10.1. The van der Waals surface area contributed by atoms with Crippen LogP contribution in [0.15, 0.2) is 0 Å². The molecule has 0 radical (unpaired) electrons. The zero-order chi connectivity index (χ0) is 12.4. The maximum atomic E-state index is 11.6. The van der Waals surface area contributed by atoms with E-state index in [-0.39, 0.29) is 6.61 Å². The number of carbonyl (C=O) groups excluding carboxylic acids is 1. The van der Waals surface area contributed by atoms with Gasteiger partial charge in [-0.15, -0.1) is 0 Å². The summed E-state index contributed by atoms with van der Waals surface area (Å²) in [6, 6.07) is 0. The first-order valence-electron chi connectivity index (χ1n) is 5.56. The summed E-state index contributed by atoms with van der Waals surface area (Å²) >= 11 is 0. The molecular formula is C11H21NO4. The van der Waals surface area contributed by atoms with Crippen molar-refractivity contribution < 1.29 is 19.7 Å². The summed E-state index contributed by atoms with van der Waals surface area (Å²) in [5, 5.41) is 21.4. The van der Waals surface area contributed by atoms with Crippen molar-refractivity contribution in [3.63, 3.8) is 0 Å². The van der Waals surface area contributed by atoms with Crippen molar-refractivity contribution in [1.82, 2.24) is 5.32 Å². The highest BCUT2D eigenvalue weighted by molar-refractivity contribution is 5.69. The molecule has 1 aliphatic carbocycles. The van der Waals surface area contributed by atoms with E-state index in [4.69, 9.17) is 4.74 Å². The average molecular weight is 231 g/mol. The summed E-state index contributed by atoms with van der Waals surface area (Å²) in [6.45, 7) is 5.16. The van der Waals surface area contributed by atoms with E-state index < -0.39 is 23.3 Å². The van der Waals surface area contributed by atoms with Crippen LogP contribution in [-0.2, 0) is 4.74 Å². The third-order valence-electron chi connectivity index (χ3n) is 2.65. The number of aliphatic hydroxyl groups is 2. The number of hydrogen-bond acceptors (Lipinski definition) is 4. The molecule has 0 aromatic carbocycles. The second-order valence-electron chi connectivity index (χ2n) is 5.46. The lowest BCUT2D eigenvalue weighted by atomic mass is 9.99. The standard InChI is InChI=1S/C11H21NO4/c1-10(2,3)16-9(15)12-11(7-13)5-4-8(14)6-11/h8,13-14H,4-7H2,1-3H3,(H,12,15)/t8-,11+/m0/s1. The number of ether oxygens (including phenoxy) is 1. The molecule has 1 saturated carbocycles. The van der Waals surface area contributed by atoms with Gasteiger partial charge in [-0.3, -0.25) is 0 Å². The predicted octanol–water partition coefficient (Wildman–Crippen LogP) is 0.787. The number of carbonyl (C=O) groups is 1. The Labute approximate surface area is 95.8 Å². The second-order valence-corrected chi connectivity index (χ2v) is 5.46. The SMILES string of the molecule is CC(C)(C)OC(=O)N[C@]1(CO)CC[C@H](O)C1. The molecule has 1 aliphatic rings. The molecular weight excluding hydrogens is 210 g/mol. The van der Waals surface area contributed by atoms with E-state index in [2.05, 4.69) is 5.32 Å². The summed E-state index contributed by atoms with van der Waals surface area (Å²) in [4.78, 5) is 11.6. The summed E-state index contributed by atoms with van der Waals surface area (Å²) in [7, 11) is 0. The Morgan fingerprint density at radius 2 is 2.19 bits per heavy atom. The van der Waals surface area contributed by atoms with E-state index in [9.17, 15) is 15.0 Å². The Morgan fingerprint density at radius 1 is 1.56 bits per heavy atom. The molecule has 3 N–H and O–H groups in total. The summed E-state index contributed by atoms with van der Waals surface area (Å²) in [6.07, 6.45) is 0.543. The lowest BCUT2D eigenvalue weighted by molar-refractivity contribution is 0.0387. The van der Waals surface area contributed by atoms with Crippen molar-refractivity contribution in [2.45, 2.75) is 57.3 Å². The lowest BCUT2D eigenvalue weighted by Crippen LogP contribution is -2.51. The molecule has 94 valence electrons. The smallest absolute Gasteiger partial charge is 0.408 e. The fourth-order valence-corrected chi connectivity index (χ4v) is 1.91. The van der Waals surface area contributed by atoms with Crippen LogP contribution in [0, 0.1) is 0 Å². The molecule has 0 heterocycles. The van der Waals surface area contributed by atoms with Gasteiger partial charge in [0, 0.05) is 0 Å². The highest BCUT2D eigenvalue weighted by Crippen LogP contribution is 2.29. The van der Waals surface area contributed by atoms with Crippen LogP contribution in [0.25, 0.3) is 0 Å². The van der Waals surface area contributed by atoms with E-state index in [1.807, 2.05) is 0 Å². The third-order valence-corrected chi connectivity index (χ3v) is 2.65. The van der Waals surface area contributed by atoms with Gasteiger partial charge in [0.25, 0.3) is 0 Å². The Bertz CT molecular complexity index is 261. The quantitative estimate of drug-likeness (QED) is 0.656. The fraction of sp³-hybridized carbons (Fsp3) is 0.909. The number of hydrogen-bond donors (Lipinski definition) is 3. The van der Waals surface area contributed by atoms with Gasteiger partial charge in [0.2, 0.25) is 0 Å². The first-order valence-corrected chi connectivity index (χ1v) is 5.56. The monoisotopic (exact) mass is 231 g/mol. The molecule has 0 aromatic heterocycles. The number of nitrogens with one attached hydrogen (secondary N) is 1. The van der Waals surface area contributed by atoms with Crippen molar-refractivity contribution in [2.24, 2.45) is 0 Å². The van der Waals surface area contributed by atoms with Crippen LogP contribution in [0.3, 0.4) is 0 Å². The van der Waals surface area contributed by atoms with Crippen molar-refractivity contribution in [3.05, 3.63) is 0 Å². The molecule has 1 amide bonds. The van der Waals surface area contributed by atoms with Crippen LogP contribution in [-0.4, -0.2) is 40.2 Å². The predicted molar refractivity (Wildman–Crippen MR) is 59.0 cm³/mol. The molecule has 2 atom stereocenters. The van der Waals surface area contributed by atoms with Gasteiger partial charge in [-0.1, -0.05) is 0 Å². The Hall–Kier alpha value is -0.810. The number of aliphatic hydroxyl groups excluding tert-OH is 2. The zero-order valence-corrected chi connectivity index (χ0v) is 10.1. The molecule has 0 saturated heterocycles. The Morgan fingerprint density at radius 3 is 2.56 bits per heavy atom. The van der Waals surface area contributed by atoms with E-state index in [1.54, 1.807) is 20.8 Å². The molecule has 16 heavy (non-hydrogen) atoms. The Kier molecular flexibility index (Phi) is 3.80. The molecule has 0 unspecified atom stereocenters.